The molecule has 0 aliphatic rings. The zero-order valence-corrected chi connectivity index (χ0v) is 11.9. The number of halogens is 3. The lowest BCUT2D eigenvalue weighted by atomic mass is 10.3. The number of nitrogens with one attached hydrogen (secondary N) is 1. The van der Waals surface area contributed by atoms with Crippen LogP contribution >= 0.6 is 27.5 Å². The number of carbonyl (C=O) groups is 1. The summed E-state index contributed by atoms with van der Waals surface area (Å²) >= 11 is 8.96. The van der Waals surface area contributed by atoms with Gasteiger partial charge in [-0.1, -0.05) is 11.6 Å². The molecule has 100 valence electrons. The van der Waals surface area contributed by atoms with E-state index in [1.54, 1.807) is 0 Å². The van der Waals surface area contributed by atoms with Crippen molar-refractivity contribution in [2.24, 2.45) is 5.73 Å². The van der Waals surface area contributed by atoms with Crippen molar-refractivity contribution in [1.29, 1.82) is 0 Å². The van der Waals surface area contributed by atoms with Crippen molar-refractivity contribution >= 4 is 39.1 Å². The molecule has 0 bridgehead atoms. The van der Waals surface area contributed by atoms with E-state index in [4.69, 9.17) is 22.1 Å². The Morgan fingerprint density at radius 1 is 1.50 bits per heavy atom. The third kappa shape index (κ3) is 4.89. The second-order valence-corrected chi connectivity index (χ2v) is 4.71. The first-order valence-corrected chi connectivity index (χ1v) is 6.44. The SMILES string of the molecule is NCCOCCC(=O)Nc1c(Cl)cc(F)cc1Br. The van der Waals surface area contributed by atoms with Gasteiger partial charge < -0.3 is 15.8 Å². The van der Waals surface area contributed by atoms with Crippen molar-refractivity contribution in [1.82, 2.24) is 0 Å². The molecule has 0 spiro atoms. The van der Waals surface area contributed by atoms with E-state index < -0.39 is 5.82 Å². The first-order chi connectivity index (χ1) is 8.54. The van der Waals surface area contributed by atoms with E-state index in [0.29, 0.717) is 23.3 Å². The molecule has 0 unspecified atom stereocenters. The molecule has 0 fully saturated rings. The second kappa shape index (κ2) is 7.68. The first-order valence-electron chi connectivity index (χ1n) is 5.26. The van der Waals surface area contributed by atoms with Crippen LogP contribution in [-0.4, -0.2) is 25.7 Å². The van der Waals surface area contributed by atoms with Crippen LogP contribution in [0, 0.1) is 5.82 Å². The van der Waals surface area contributed by atoms with Crippen LogP contribution in [0.5, 0.6) is 0 Å². The number of ether oxygens (including phenoxy) is 1. The maximum absolute atomic E-state index is 13.0. The lowest BCUT2D eigenvalue weighted by molar-refractivity contribution is -0.117. The van der Waals surface area contributed by atoms with Crippen LogP contribution in [-0.2, 0) is 9.53 Å². The van der Waals surface area contributed by atoms with Gasteiger partial charge in [-0.25, -0.2) is 4.39 Å². The molecule has 1 aromatic carbocycles. The molecule has 0 aromatic heterocycles. The summed E-state index contributed by atoms with van der Waals surface area (Å²) in [6.07, 6.45) is 0.181. The zero-order chi connectivity index (χ0) is 13.5. The summed E-state index contributed by atoms with van der Waals surface area (Å²) < 4.78 is 18.4. The highest BCUT2D eigenvalue weighted by Gasteiger charge is 2.11. The highest BCUT2D eigenvalue weighted by atomic mass is 79.9. The van der Waals surface area contributed by atoms with Gasteiger partial charge in [-0.15, -0.1) is 0 Å². The van der Waals surface area contributed by atoms with Gasteiger partial charge in [0.1, 0.15) is 5.82 Å². The first kappa shape index (κ1) is 15.4. The summed E-state index contributed by atoms with van der Waals surface area (Å²) in [5.74, 6) is -0.739. The molecule has 1 amide bonds. The molecule has 0 heterocycles. The molecule has 0 atom stereocenters. The van der Waals surface area contributed by atoms with Crippen molar-refractivity contribution in [2.75, 3.05) is 25.1 Å². The largest absolute Gasteiger partial charge is 0.380 e. The molecule has 0 aliphatic heterocycles. The maximum Gasteiger partial charge on any atom is 0.226 e. The normalized spacial score (nSPS) is 10.4. The molecule has 3 N–H and O–H groups in total. The fourth-order valence-electron chi connectivity index (χ4n) is 1.21. The molecule has 1 rings (SSSR count). The van der Waals surface area contributed by atoms with Crippen LogP contribution in [0.1, 0.15) is 6.42 Å². The molecular formula is C11H13BrClFN2O2. The Bertz CT molecular complexity index is 408. The fourth-order valence-corrected chi connectivity index (χ4v) is 2.11. The molecule has 7 heteroatoms. The van der Waals surface area contributed by atoms with Crippen LogP contribution in [0.2, 0.25) is 5.02 Å². The van der Waals surface area contributed by atoms with Crippen molar-refractivity contribution < 1.29 is 13.9 Å². The highest BCUT2D eigenvalue weighted by molar-refractivity contribution is 9.10. The number of hydrogen-bond donors (Lipinski definition) is 2. The molecule has 0 saturated carbocycles. The van der Waals surface area contributed by atoms with E-state index in [-0.39, 0.29) is 24.0 Å². The maximum atomic E-state index is 13.0. The monoisotopic (exact) mass is 338 g/mol. The van der Waals surface area contributed by atoms with Crippen molar-refractivity contribution in [3.8, 4) is 0 Å². The lowest BCUT2D eigenvalue weighted by Gasteiger charge is -2.09. The summed E-state index contributed by atoms with van der Waals surface area (Å²) in [5, 5.41) is 2.72. The van der Waals surface area contributed by atoms with Crippen LogP contribution in [0.4, 0.5) is 10.1 Å². The zero-order valence-electron chi connectivity index (χ0n) is 9.51. The highest BCUT2D eigenvalue weighted by Crippen LogP contribution is 2.31. The third-order valence-electron chi connectivity index (χ3n) is 2.01. The molecule has 0 saturated heterocycles. The van der Waals surface area contributed by atoms with E-state index in [2.05, 4.69) is 21.2 Å². The molecular weight excluding hydrogens is 326 g/mol. The molecule has 0 radical (unpaired) electrons. The third-order valence-corrected chi connectivity index (χ3v) is 2.93. The van der Waals surface area contributed by atoms with Gasteiger partial charge >= 0.3 is 0 Å². The van der Waals surface area contributed by atoms with E-state index in [0.717, 1.165) is 6.07 Å². The Kier molecular flexibility index (Phi) is 6.56. The lowest BCUT2D eigenvalue weighted by Crippen LogP contribution is -2.16. The minimum absolute atomic E-state index is 0.137. The number of carbonyl (C=O) groups excluding carboxylic acids is 1. The Morgan fingerprint density at radius 3 is 2.83 bits per heavy atom. The number of nitrogens with two attached hydrogens (primary N) is 1. The van der Waals surface area contributed by atoms with Gasteiger partial charge in [-0.2, -0.15) is 0 Å². The molecule has 0 aliphatic carbocycles. The Labute approximate surface area is 118 Å². The van der Waals surface area contributed by atoms with Gasteiger partial charge in [-0.05, 0) is 28.1 Å². The Balaban J connectivity index is 2.54. The predicted octanol–water partition coefficient (Wildman–Crippen LogP) is 2.55. The number of hydrogen-bond acceptors (Lipinski definition) is 3. The summed E-state index contributed by atoms with van der Waals surface area (Å²) in [7, 11) is 0. The number of amides is 1. The average molecular weight is 340 g/mol. The van der Waals surface area contributed by atoms with Crippen molar-refractivity contribution in [3.05, 3.63) is 27.4 Å². The smallest absolute Gasteiger partial charge is 0.226 e. The van der Waals surface area contributed by atoms with E-state index in [9.17, 15) is 9.18 Å². The quantitative estimate of drug-likeness (QED) is 0.783. The number of rotatable bonds is 6. The summed E-state index contributed by atoms with van der Waals surface area (Å²) in [6.45, 7) is 1.10. The molecule has 4 nitrogen and oxygen atoms in total. The van der Waals surface area contributed by atoms with E-state index in [1.165, 1.54) is 6.07 Å². The molecule has 1 aromatic rings. The average Bonchev–Trinajstić information content (AvgIpc) is 2.29. The van der Waals surface area contributed by atoms with Gasteiger partial charge in [0.2, 0.25) is 5.91 Å². The number of benzene rings is 1. The van der Waals surface area contributed by atoms with Gasteiger partial charge in [-0.3, -0.25) is 4.79 Å². The van der Waals surface area contributed by atoms with E-state index in [1.807, 2.05) is 0 Å². The van der Waals surface area contributed by atoms with Crippen molar-refractivity contribution in [2.45, 2.75) is 6.42 Å². The number of anilines is 1. The minimum atomic E-state index is -0.476. The van der Waals surface area contributed by atoms with Gasteiger partial charge in [0.15, 0.2) is 0 Å². The van der Waals surface area contributed by atoms with E-state index >= 15 is 0 Å². The standard InChI is InChI=1S/C11H13BrClFN2O2/c12-8-5-7(14)6-9(13)11(8)16-10(17)1-3-18-4-2-15/h5-6H,1-4,15H2,(H,16,17). The van der Waals surface area contributed by atoms with Gasteiger partial charge in [0, 0.05) is 11.0 Å². The Morgan fingerprint density at radius 2 is 2.22 bits per heavy atom. The van der Waals surface area contributed by atoms with Crippen molar-refractivity contribution in [3.63, 3.8) is 0 Å². The summed E-state index contributed by atoms with van der Waals surface area (Å²) in [6, 6.07) is 2.36. The molecule has 18 heavy (non-hydrogen) atoms. The van der Waals surface area contributed by atoms with Crippen LogP contribution in [0.15, 0.2) is 16.6 Å². The van der Waals surface area contributed by atoms with Crippen LogP contribution < -0.4 is 11.1 Å². The minimum Gasteiger partial charge on any atom is -0.380 e. The summed E-state index contributed by atoms with van der Waals surface area (Å²) in [4.78, 5) is 11.6. The van der Waals surface area contributed by atoms with Crippen LogP contribution in [0.3, 0.4) is 0 Å². The second-order valence-electron chi connectivity index (χ2n) is 3.44. The fraction of sp³-hybridized carbons (Fsp3) is 0.364. The Hall–Kier alpha value is -0.690. The van der Waals surface area contributed by atoms with Gasteiger partial charge in [0.25, 0.3) is 0 Å². The van der Waals surface area contributed by atoms with Crippen LogP contribution in [0.25, 0.3) is 0 Å². The topological polar surface area (TPSA) is 64.3 Å². The van der Waals surface area contributed by atoms with Gasteiger partial charge in [0.05, 0.1) is 30.3 Å². The summed E-state index contributed by atoms with van der Waals surface area (Å²) in [5.41, 5.74) is 5.59. The predicted molar refractivity (Wildman–Crippen MR) is 72.2 cm³/mol.